The van der Waals surface area contributed by atoms with E-state index in [0.717, 1.165) is 6.42 Å². The van der Waals surface area contributed by atoms with E-state index in [1.165, 1.54) is 19.9 Å². The number of carbonyl (C=O) groups is 1. The van der Waals surface area contributed by atoms with Crippen LogP contribution >= 0.6 is 10.5 Å². The van der Waals surface area contributed by atoms with Gasteiger partial charge < -0.3 is 4.74 Å². The van der Waals surface area contributed by atoms with E-state index < -0.39 is 5.60 Å². The van der Waals surface area contributed by atoms with Gasteiger partial charge in [0.1, 0.15) is 5.60 Å². The van der Waals surface area contributed by atoms with Crippen LogP contribution in [0.5, 0.6) is 0 Å². The summed E-state index contributed by atoms with van der Waals surface area (Å²) in [6, 6.07) is 18.8. The molecule has 3 heteroatoms. The predicted octanol–water partition coefficient (Wildman–Crippen LogP) is 7.42. The van der Waals surface area contributed by atoms with Crippen molar-refractivity contribution in [3.05, 3.63) is 77.2 Å². The molecule has 0 bridgehead atoms. The molecule has 0 radical (unpaired) electrons. The van der Waals surface area contributed by atoms with E-state index >= 15 is 0 Å². The van der Waals surface area contributed by atoms with Crippen molar-refractivity contribution in [3.8, 4) is 4.90 Å². The highest BCUT2D eigenvalue weighted by atomic mass is 32.2. The van der Waals surface area contributed by atoms with Crippen LogP contribution in [0.25, 0.3) is 15.0 Å². The Morgan fingerprint density at radius 3 is 2.45 bits per heavy atom. The van der Waals surface area contributed by atoms with E-state index in [1.54, 1.807) is 0 Å². The SMILES string of the molecule is Cc1cc2ccccc2[s+]1-c1ccc(C(=O)OC(C)(C)C2C=CCC2(C)C)cc1. The molecular formula is C26H29O2S+. The third-order valence-corrected chi connectivity index (χ3v) is 8.38. The van der Waals surface area contributed by atoms with Gasteiger partial charge in [0.15, 0.2) is 14.5 Å². The first-order valence-corrected chi connectivity index (χ1v) is 11.4. The fourth-order valence-corrected chi connectivity index (χ4v) is 6.91. The van der Waals surface area contributed by atoms with Gasteiger partial charge in [-0.25, -0.2) is 4.79 Å². The molecule has 0 saturated heterocycles. The van der Waals surface area contributed by atoms with Crippen molar-refractivity contribution in [3.63, 3.8) is 0 Å². The number of allylic oxidation sites excluding steroid dienone is 1. The fourth-order valence-electron chi connectivity index (χ4n) is 4.71. The van der Waals surface area contributed by atoms with E-state index in [2.05, 4.69) is 75.4 Å². The zero-order valence-electron chi connectivity index (χ0n) is 17.9. The summed E-state index contributed by atoms with van der Waals surface area (Å²) in [4.78, 5) is 15.5. The maximum Gasteiger partial charge on any atom is 0.338 e. The second-order valence-corrected chi connectivity index (χ2v) is 11.4. The highest BCUT2D eigenvalue weighted by Gasteiger charge is 2.43. The molecule has 1 aliphatic rings. The van der Waals surface area contributed by atoms with Crippen LogP contribution in [0.3, 0.4) is 0 Å². The van der Waals surface area contributed by atoms with Crippen LogP contribution in [0.1, 0.15) is 49.4 Å². The topological polar surface area (TPSA) is 26.3 Å². The number of hydrogen-bond donors (Lipinski definition) is 0. The minimum atomic E-state index is -0.544. The summed E-state index contributed by atoms with van der Waals surface area (Å²) in [7, 11) is -0.0633. The Morgan fingerprint density at radius 2 is 1.79 bits per heavy atom. The maximum atomic E-state index is 12.9. The number of thiophene rings is 1. The first-order valence-electron chi connectivity index (χ1n) is 10.2. The summed E-state index contributed by atoms with van der Waals surface area (Å²) >= 11 is 0. The highest BCUT2D eigenvalue weighted by molar-refractivity contribution is 7.45. The molecule has 0 fully saturated rings. The molecule has 0 spiro atoms. The monoisotopic (exact) mass is 405 g/mol. The molecule has 0 aliphatic heterocycles. The lowest BCUT2D eigenvalue weighted by atomic mass is 9.73. The predicted molar refractivity (Wildman–Crippen MR) is 123 cm³/mol. The molecule has 2 aromatic carbocycles. The lowest BCUT2D eigenvalue weighted by molar-refractivity contribution is -0.0419. The Bertz CT molecular complexity index is 1080. The molecule has 0 saturated carbocycles. The van der Waals surface area contributed by atoms with E-state index in [9.17, 15) is 4.79 Å². The van der Waals surface area contributed by atoms with Crippen molar-refractivity contribution in [2.24, 2.45) is 11.3 Å². The molecule has 29 heavy (non-hydrogen) atoms. The Kier molecular flexibility index (Phi) is 4.90. The minimum absolute atomic E-state index is 0.0633. The zero-order chi connectivity index (χ0) is 20.8. The summed E-state index contributed by atoms with van der Waals surface area (Å²) in [6.45, 7) is 10.7. The second-order valence-electron chi connectivity index (χ2n) is 9.21. The Hall–Kier alpha value is -2.39. The Labute approximate surface area is 176 Å². The first-order chi connectivity index (χ1) is 13.7. The molecule has 0 N–H and O–H groups in total. The number of benzene rings is 2. The molecule has 1 heterocycles. The molecule has 1 aliphatic carbocycles. The molecule has 2 nitrogen and oxygen atoms in total. The van der Waals surface area contributed by atoms with Crippen LogP contribution in [-0.4, -0.2) is 11.6 Å². The smallest absolute Gasteiger partial charge is 0.338 e. The molecule has 2 atom stereocenters. The van der Waals surface area contributed by atoms with Crippen LogP contribution in [-0.2, 0) is 4.74 Å². The summed E-state index contributed by atoms with van der Waals surface area (Å²) in [5.74, 6) is -0.0393. The molecule has 1 aromatic heterocycles. The average Bonchev–Trinajstić information content (AvgIpc) is 3.20. The summed E-state index contributed by atoms with van der Waals surface area (Å²) < 4.78 is 7.34. The van der Waals surface area contributed by atoms with Gasteiger partial charge in [0.25, 0.3) is 0 Å². The molecule has 0 amide bonds. The third kappa shape index (κ3) is 3.64. The van der Waals surface area contributed by atoms with Gasteiger partial charge in [-0.05, 0) is 62.1 Å². The van der Waals surface area contributed by atoms with Gasteiger partial charge in [-0.1, -0.05) is 38.1 Å². The van der Waals surface area contributed by atoms with Crippen LogP contribution in [0.4, 0.5) is 0 Å². The number of esters is 1. The van der Waals surface area contributed by atoms with Gasteiger partial charge in [0.2, 0.25) is 0 Å². The number of aryl methyl sites for hydroxylation is 1. The van der Waals surface area contributed by atoms with E-state index in [1.807, 2.05) is 26.0 Å². The maximum absolute atomic E-state index is 12.9. The van der Waals surface area contributed by atoms with Crippen molar-refractivity contribution >= 4 is 26.5 Å². The molecule has 3 aromatic rings. The molecule has 4 rings (SSSR count). The fraction of sp³-hybridized carbons (Fsp3) is 0.346. The van der Waals surface area contributed by atoms with Gasteiger partial charge in [0, 0.05) is 34.8 Å². The van der Waals surface area contributed by atoms with E-state index in [4.69, 9.17) is 4.74 Å². The summed E-state index contributed by atoms with van der Waals surface area (Å²) in [5, 5.41) is 1.30. The summed E-state index contributed by atoms with van der Waals surface area (Å²) in [6.07, 6.45) is 5.42. The number of hydrogen-bond acceptors (Lipinski definition) is 2. The standard InChI is InChI=1S/C26H29O2S/c1-18-17-20-9-6-7-10-22(20)29(18)21-14-12-19(13-15-21)24(27)28-26(4,5)23-11-8-16-25(23,2)3/h6-15,17,23H,16H2,1-5H3/q+1. The van der Waals surface area contributed by atoms with E-state index in [-0.39, 0.29) is 27.8 Å². The lowest BCUT2D eigenvalue weighted by Gasteiger charge is -2.39. The summed E-state index contributed by atoms with van der Waals surface area (Å²) in [5.41, 5.74) is 0.172. The first kappa shape index (κ1) is 19.9. The minimum Gasteiger partial charge on any atom is -0.455 e. The van der Waals surface area contributed by atoms with Crippen molar-refractivity contribution < 1.29 is 9.53 Å². The van der Waals surface area contributed by atoms with Crippen molar-refractivity contribution in [2.45, 2.75) is 46.6 Å². The lowest BCUT2D eigenvalue weighted by Crippen LogP contribution is -2.41. The quantitative estimate of drug-likeness (QED) is 0.256. The van der Waals surface area contributed by atoms with Crippen LogP contribution < -0.4 is 0 Å². The largest absolute Gasteiger partial charge is 0.455 e. The van der Waals surface area contributed by atoms with Crippen molar-refractivity contribution in [2.75, 3.05) is 0 Å². The van der Waals surface area contributed by atoms with E-state index in [0.29, 0.717) is 5.56 Å². The van der Waals surface area contributed by atoms with Gasteiger partial charge in [-0.2, -0.15) is 0 Å². The normalized spacial score (nSPS) is 18.9. The Morgan fingerprint density at radius 1 is 1.10 bits per heavy atom. The zero-order valence-corrected chi connectivity index (χ0v) is 18.7. The van der Waals surface area contributed by atoms with Crippen molar-refractivity contribution in [1.82, 2.24) is 0 Å². The number of rotatable bonds is 4. The van der Waals surface area contributed by atoms with Crippen LogP contribution in [0, 0.1) is 18.3 Å². The third-order valence-electron chi connectivity index (χ3n) is 6.06. The highest BCUT2D eigenvalue weighted by Crippen LogP contribution is 2.46. The van der Waals surface area contributed by atoms with Crippen LogP contribution in [0.15, 0.2) is 66.7 Å². The molecule has 150 valence electrons. The Balaban J connectivity index is 1.57. The van der Waals surface area contributed by atoms with Crippen LogP contribution in [0.2, 0.25) is 0 Å². The van der Waals surface area contributed by atoms with Gasteiger partial charge in [0.05, 0.1) is 5.56 Å². The van der Waals surface area contributed by atoms with Gasteiger partial charge >= 0.3 is 5.97 Å². The second kappa shape index (κ2) is 7.14. The number of ether oxygens (including phenoxy) is 1. The van der Waals surface area contributed by atoms with Gasteiger partial charge in [-0.15, -0.1) is 0 Å². The molecule has 2 unspecified atom stereocenters. The number of carbonyl (C=O) groups excluding carboxylic acids is 1. The number of fused-ring (bicyclic) bond motifs is 1. The van der Waals surface area contributed by atoms with Crippen molar-refractivity contribution in [1.29, 1.82) is 0 Å². The molecular weight excluding hydrogens is 376 g/mol. The van der Waals surface area contributed by atoms with Gasteiger partial charge in [-0.3, -0.25) is 0 Å². The average molecular weight is 406 g/mol.